The van der Waals surface area contributed by atoms with Gasteiger partial charge in [-0.15, -0.1) is 0 Å². The third-order valence-corrected chi connectivity index (χ3v) is 2.34. The summed E-state index contributed by atoms with van der Waals surface area (Å²) in [6.45, 7) is 0.268. The molecule has 9 heteroatoms. The van der Waals surface area contributed by atoms with E-state index in [4.69, 9.17) is 10.8 Å². The lowest BCUT2D eigenvalue weighted by Gasteiger charge is -2.13. The Morgan fingerprint density at radius 1 is 1.25 bits per heavy atom. The second-order valence-corrected chi connectivity index (χ2v) is 3.99. The van der Waals surface area contributed by atoms with E-state index in [9.17, 15) is 19.2 Å². The van der Waals surface area contributed by atoms with Crippen molar-refractivity contribution in [3.63, 3.8) is 0 Å². The van der Waals surface area contributed by atoms with E-state index >= 15 is 0 Å². The molecule has 0 aromatic rings. The van der Waals surface area contributed by atoms with Crippen LogP contribution in [-0.4, -0.2) is 48.7 Å². The highest BCUT2D eigenvalue weighted by Crippen LogP contribution is 1.96. The van der Waals surface area contributed by atoms with Crippen LogP contribution in [0.3, 0.4) is 0 Å². The zero-order valence-electron chi connectivity index (χ0n) is 11.2. The largest absolute Gasteiger partial charge is 0.480 e. The normalized spacial score (nSPS) is 11.2. The predicted molar refractivity (Wildman–Crippen MR) is 67.6 cm³/mol. The highest BCUT2D eigenvalue weighted by molar-refractivity contribution is 5.86. The van der Waals surface area contributed by atoms with E-state index in [1.807, 2.05) is 0 Å². The Morgan fingerprint density at radius 2 is 1.90 bits per heavy atom. The number of rotatable bonds is 9. The van der Waals surface area contributed by atoms with Gasteiger partial charge in [-0.05, 0) is 12.8 Å². The number of primary amides is 1. The van der Waals surface area contributed by atoms with Gasteiger partial charge in [0.25, 0.3) is 0 Å². The van der Waals surface area contributed by atoms with Gasteiger partial charge in [-0.2, -0.15) is 0 Å². The topological polar surface area (TPSA) is 148 Å². The maximum absolute atomic E-state index is 11.4. The van der Waals surface area contributed by atoms with E-state index < -0.39 is 36.3 Å². The number of amides is 3. The van der Waals surface area contributed by atoms with Crippen molar-refractivity contribution < 1.29 is 29.0 Å². The molecule has 0 aliphatic heterocycles. The first-order valence-corrected chi connectivity index (χ1v) is 5.99. The van der Waals surface area contributed by atoms with Gasteiger partial charge in [0.05, 0.1) is 13.5 Å². The molecule has 5 N–H and O–H groups in total. The summed E-state index contributed by atoms with van der Waals surface area (Å²) in [5, 5.41) is 13.4. The third-order valence-electron chi connectivity index (χ3n) is 2.34. The smallest absolute Gasteiger partial charge is 0.326 e. The molecule has 0 aromatic carbocycles. The van der Waals surface area contributed by atoms with Crippen molar-refractivity contribution in [2.24, 2.45) is 5.73 Å². The number of unbranched alkanes of at least 4 members (excludes halogenated alkanes) is 1. The van der Waals surface area contributed by atoms with Crippen molar-refractivity contribution in [1.29, 1.82) is 0 Å². The zero-order chi connectivity index (χ0) is 15.5. The van der Waals surface area contributed by atoms with Crippen molar-refractivity contribution in [2.45, 2.75) is 31.7 Å². The molecular weight excluding hydrogens is 270 g/mol. The second kappa shape index (κ2) is 9.59. The van der Waals surface area contributed by atoms with Crippen molar-refractivity contribution in [2.75, 3.05) is 13.7 Å². The molecule has 0 unspecified atom stereocenters. The first kappa shape index (κ1) is 17.7. The molecule has 0 heterocycles. The Morgan fingerprint density at radius 3 is 2.40 bits per heavy atom. The number of hydrogen-bond donors (Lipinski definition) is 4. The molecule has 0 radical (unpaired) electrons. The molecule has 20 heavy (non-hydrogen) atoms. The van der Waals surface area contributed by atoms with Gasteiger partial charge in [0.15, 0.2) is 0 Å². The maximum atomic E-state index is 11.4. The summed E-state index contributed by atoms with van der Waals surface area (Å²) in [6, 6.07) is -2.06. The number of urea groups is 1. The average molecular weight is 289 g/mol. The Hall–Kier alpha value is -2.32. The predicted octanol–water partition coefficient (Wildman–Crippen LogP) is -1.04. The summed E-state index contributed by atoms with van der Waals surface area (Å²) >= 11 is 0. The van der Waals surface area contributed by atoms with Gasteiger partial charge < -0.3 is 26.2 Å². The van der Waals surface area contributed by atoms with Gasteiger partial charge in [0.2, 0.25) is 5.91 Å². The maximum Gasteiger partial charge on any atom is 0.326 e. The highest BCUT2D eigenvalue weighted by Gasteiger charge is 2.23. The fourth-order valence-electron chi connectivity index (χ4n) is 1.29. The molecule has 0 bridgehead atoms. The van der Waals surface area contributed by atoms with E-state index in [1.165, 1.54) is 0 Å². The van der Waals surface area contributed by atoms with Crippen LogP contribution in [-0.2, 0) is 19.1 Å². The van der Waals surface area contributed by atoms with Gasteiger partial charge in [0.1, 0.15) is 6.04 Å². The first-order chi connectivity index (χ1) is 9.36. The number of carbonyl (C=O) groups is 4. The van der Waals surface area contributed by atoms with Crippen LogP contribution < -0.4 is 16.4 Å². The number of carbonyl (C=O) groups excluding carboxylic acids is 3. The molecule has 114 valence electrons. The molecule has 0 aromatic heterocycles. The summed E-state index contributed by atoms with van der Waals surface area (Å²) in [5.41, 5.74) is 4.95. The lowest BCUT2D eigenvalue weighted by molar-refractivity contribution is -0.147. The Bertz CT molecular complexity index is 371. The van der Waals surface area contributed by atoms with Gasteiger partial charge in [0, 0.05) is 13.0 Å². The number of esters is 1. The highest BCUT2D eigenvalue weighted by atomic mass is 16.5. The summed E-state index contributed by atoms with van der Waals surface area (Å²) in [5.74, 6) is -2.49. The molecule has 0 rings (SSSR count). The van der Waals surface area contributed by atoms with Crippen LogP contribution in [0, 0.1) is 0 Å². The van der Waals surface area contributed by atoms with E-state index in [0.717, 1.165) is 7.11 Å². The van der Waals surface area contributed by atoms with E-state index in [2.05, 4.69) is 15.4 Å². The Labute approximate surface area is 115 Å². The molecule has 0 spiro atoms. The van der Waals surface area contributed by atoms with Gasteiger partial charge in [-0.25, -0.2) is 9.59 Å². The molecule has 0 aliphatic carbocycles. The molecule has 1 atom stereocenters. The zero-order valence-corrected chi connectivity index (χ0v) is 11.2. The minimum Gasteiger partial charge on any atom is -0.480 e. The van der Waals surface area contributed by atoms with Crippen LogP contribution in [0.2, 0.25) is 0 Å². The van der Waals surface area contributed by atoms with Gasteiger partial charge in [-0.1, -0.05) is 0 Å². The van der Waals surface area contributed by atoms with E-state index in [1.54, 1.807) is 0 Å². The van der Waals surface area contributed by atoms with Crippen LogP contribution in [0.15, 0.2) is 0 Å². The van der Waals surface area contributed by atoms with Crippen LogP contribution in [0.1, 0.15) is 25.7 Å². The quantitative estimate of drug-likeness (QED) is 0.314. The molecule has 0 saturated heterocycles. The average Bonchev–Trinajstić information content (AvgIpc) is 2.36. The molecule has 0 saturated carbocycles. The minimum absolute atomic E-state index is 0.226. The number of methoxy groups -OCH3 is 1. The Balaban J connectivity index is 3.98. The number of nitrogens with two attached hydrogens (primary N) is 1. The summed E-state index contributed by atoms with van der Waals surface area (Å²) in [7, 11) is 1.13. The lowest BCUT2D eigenvalue weighted by atomic mass is 10.2. The number of hydrogen-bond acceptors (Lipinski definition) is 5. The monoisotopic (exact) mass is 289 g/mol. The Kier molecular flexibility index (Phi) is 8.48. The summed E-state index contributed by atoms with van der Waals surface area (Å²) in [6.07, 6.45) is 0.829. The fraction of sp³-hybridized carbons (Fsp3) is 0.636. The van der Waals surface area contributed by atoms with Crippen molar-refractivity contribution in [3.05, 3.63) is 0 Å². The number of nitrogens with one attached hydrogen (secondary N) is 2. The summed E-state index contributed by atoms with van der Waals surface area (Å²) < 4.78 is 4.33. The SMILES string of the molecule is COC(=O)C[C@H](NC(=O)NCCCCC(N)=O)C(=O)O. The van der Waals surface area contributed by atoms with E-state index in [-0.39, 0.29) is 13.0 Å². The third kappa shape index (κ3) is 8.72. The van der Waals surface area contributed by atoms with Crippen molar-refractivity contribution in [1.82, 2.24) is 10.6 Å². The number of carboxylic acid groups (broad SMARTS) is 1. The summed E-state index contributed by atoms with van der Waals surface area (Å²) in [4.78, 5) is 43.7. The molecule has 0 fully saturated rings. The molecular formula is C11H19N3O6. The van der Waals surface area contributed by atoms with Gasteiger partial charge >= 0.3 is 18.0 Å². The molecule has 0 aliphatic rings. The van der Waals surface area contributed by atoms with Crippen LogP contribution >= 0.6 is 0 Å². The first-order valence-electron chi connectivity index (χ1n) is 5.99. The standard InChI is InChI=1S/C11H19N3O6/c1-20-9(16)6-7(10(17)18)14-11(19)13-5-3-2-4-8(12)15/h7H,2-6H2,1H3,(H2,12,15)(H,17,18)(H2,13,14,19)/t7-/m0/s1. The molecule has 3 amide bonds. The number of carboxylic acids is 1. The number of aliphatic carboxylic acids is 1. The minimum atomic E-state index is -1.35. The van der Waals surface area contributed by atoms with Crippen molar-refractivity contribution >= 4 is 23.9 Å². The van der Waals surface area contributed by atoms with Crippen LogP contribution in [0.4, 0.5) is 4.79 Å². The van der Waals surface area contributed by atoms with Gasteiger partial charge in [-0.3, -0.25) is 9.59 Å². The van der Waals surface area contributed by atoms with Crippen molar-refractivity contribution in [3.8, 4) is 0 Å². The van der Waals surface area contributed by atoms with Crippen LogP contribution in [0.5, 0.6) is 0 Å². The lowest BCUT2D eigenvalue weighted by Crippen LogP contribution is -2.47. The van der Waals surface area contributed by atoms with Crippen LogP contribution in [0.25, 0.3) is 0 Å². The molecule has 9 nitrogen and oxygen atoms in total. The fourth-order valence-corrected chi connectivity index (χ4v) is 1.29. The second-order valence-electron chi connectivity index (χ2n) is 3.99. The van der Waals surface area contributed by atoms with E-state index in [0.29, 0.717) is 12.8 Å². The number of ether oxygens (including phenoxy) is 1.